The van der Waals surface area contributed by atoms with Crippen LogP contribution < -0.4 is 4.74 Å². The fourth-order valence-electron chi connectivity index (χ4n) is 2.22. The van der Waals surface area contributed by atoms with Crippen LogP contribution in [0, 0.1) is 0 Å². The van der Waals surface area contributed by atoms with Crippen LogP contribution in [-0.2, 0) is 7.05 Å². The van der Waals surface area contributed by atoms with Crippen LogP contribution in [-0.4, -0.2) is 25.0 Å². The third kappa shape index (κ3) is 2.74. The molecule has 0 spiro atoms. The van der Waals surface area contributed by atoms with Crippen molar-refractivity contribution in [1.29, 1.82) is 0 Å². The van der Waals surface area contributed by atoms with E-state index in [2.05, 4.69) is 20.3 Å². The van der Waals surface area contributed by atoms with E-state index in [1.165, 1.54) is 0 Å². The minimum Gasteiger partial charge on any atom is -0.455 e. The van der Waals surface area contributed by atoms with Gasteiger partial charge in [-0.2, -0.15) is 5.10 Å². The Balaban J connectivity index is 1.69. The monoisotopic (exact) mass is 319 g/mol. The predicted molar refractivity (Wildman–Crippen MR) is 86.2 cm³/mol. The van der Waals surface area contributed by atoms with Gasteiger partial charge in [0, 0.05) is 19.4 Å². The molecule has 7 heteroatoms. The highest BCUT2D eigenvalue weighted by molar-refractivity contribution is 5.60. The van der Waals surface area contributed by atoms with E-state index in [0.717, 1.165) is 5.56 Å². The molecule has 0 saturated heterocycles. The minimum absolute atomic E-state index is 0.292. The summed E-state index contributed by atoms with van der Waals surface area (Å²) in [7, 11) is 1.82. The van der Waals surface area contributed by atoms with Gasteiger partial charge in [0.05, 0.1) is 11.8 Å². The van der Waals surface area contributed by atoms with E-state index in [1.807, 2.05) is 43.4 Å². The maximum atomic E-state index is 5.88. The number of aryl methyl sites for hydroxylation is 1. The summed E-state index contributed by atoms with van der Waals surface area (Å²) in [6.07, 6.45) is 5.12. The van der Waals surface area contributed by atoms with Gasteiger partial charge in [-0.15, -0.1) is 10.2 Å². The van der Waals surface area contributed by atoms with Crippen LogP contribution in [0.15, 0.2) is 65.5 Å². The van der Waals surface area contributed by atoms with E-state index in [1.54, 1.807) is 29.3 Å². The largest absolute Gasteiger partial charge is 0.455 e. The molecule has 4 aromatic rings. The van der Waals surface area contributed by atoms with Crippen molar-refractivity contribution >= 4 is 0 Å². The quantitative estimate of drug-likeness (QED) is 0.574. The van der Waals surface area contributed by atoms with Gasteiger partial charge >= 0.3 is 0 Å². The van der Waals surface area contributed by atoms with Crippen molar-refractivity contribution in [2.24, 2.45) is 7.05 Å². The summed E-state index contributed by atoms with van der Waals surface area (Å²) < 4.78 is 13.3. The molecule has 0 aliphatic heterocycles. The summed E-state index contributed by atoms with van der Waals surface area (Å²) >= 11 is 0. The second kappa shape index (κ2) is 5.96. The number of aromatic nitrogens is 5. The molecule has 0 saturated carbocycles. The van der Waals surface area contributed by atoms with Crippen molar-refractivity contribution in [1.82, 2.24) is 25.0 Å². The second-order valence-corrected chi connectivity index (χ2v) is 5.08. The zero-order valence-electron chi connectivity index (χ0n) is 12.8. The molecule has 0 fully saturated rings. The van der Waals surface area contributed by atoms with Crippen molar-refractivity contribution in [2.75, 3.05) is 0 Å². The Morgan fingerprint density at radius 3 is 2.62 bits per heavy atom. The molecular weight excluding hydrogens is 306 g/mol. The first-order valence-electron chi connectivity index (χ1n) is 7.30. The fraction of sp³-hybridized carbons (Fsp3) is 0.0588. The molecule has 0 atom stereocenters. The molecule has 24 heavy (non-hydrogen) atoms. The van der Waals surface area contributed by atoms with Gasteiger partial charge in [-0.3, -0.25) is 4.68 Å². The molecule has 118 valence electrons. The van der Waals surface area contributed by atoms with E-state index >= 15 is 0 Å². The van der Waals surface area contributed by atoms with E-state index in [-0.39, 0.29) is 0 Å². The Labute approximate surface area is 137 Å². The molecule has 0 aliphatic carbocycles. The first-order valence-corrected chi connectivity index (χ1v) is 7.30. The zero-order valence-corrected chi connectivity index (χ0v) is 12.8. The zero-order chi connectivity index (χ0) is 16.4. The smallest absolute Gasteiger partial charge is 0.270 e. The first-order chi connectivity index (χ1) is 11.8. The number of hydrogen-bond donors (Lipinski definition) is 0. The molecule has 7 nitrogen and oxygen atoms in total. The number of pyridine rings is 1. The molecule has 0 radical (unpaired) electrons. The minimum atomic E-state index is 0.292. The van der Waals surface area contributed by atoms with Crippen molar-refractivity contribution in [3.63, 3.8) is 0 Å². The number of rotatable bonds is 4. The Morgan fingerprint density at radius 1 is 1.00 bits per heavy atom. The maximum absolute atomic E-state index is 5.88. The van der Waals surface area contributed by atoms with Crippen LogP contribution in [0.3, 0.4) is 0 Å². The average molecular weight is 319 g/mol. The third-order valence-corrected chi connectivity index (χ3v) is 3.32. The lowest BCUT2D eigenvalue weighted by molar-refractivity contribution is 0.478. The van der Waals surface area contributed by atoms with Gasteiger partial charge in [-0.25, -0.2) is 4.98 Å². The van der Waals surface area contributed by atoms with E-state index in [0.29, 0.717) is 29.0 Å². The van der Waals surface area contributed by atoms with Gasteiger partial charge < -0.3 is 9.15 Å². The van der Waals surface area contributed by atoms with Crippen LogP contribution in [0.1, 0.15) is 0 Å². The molecule has 3 aromatic heterocycles. The average Bonchev–Trinajstić information content (AvgIpc) is 3.25. The van der Waals surface area contributed by atoms with Gasteiger partial charge in [0.15, 0.2) is 11.4 Å². The lowest BCUT2D eigenvalue weighted by Crippen LogP contribution is -1.91. The van der Waals surface area contributed by atoms with E-state index < -0.39 is 0 Å². The highest BCUT2D eigenvalue weighted by atomic mass is 16.5. The van der Waals surface area contributed by atoms with Crippen LogP contribution in [0.5, 0.6) is 11.5 Å². The van der Waals surface area contributed by atoms with Crippen LogP contribution in [0.2, 0.25) is 0 Å². The van der Waals surface area contributed by atoms with E-state index in [9.17, 15) is 0 Å². The molecule has 0 bridgehead atoms. The van der Waals surface area contributed by atoms with Crippen molar-refractivity contribution < 1.29 is 9.15 Å². The van der Waals surface area contributed by atoms with Gasteiger partial charge in [0.1, 0.15) is 5.75 Å². The number of benzene rings is 1. The highest BCUT2D eigenvalue weighted by Crippen LogP contribution is 2.31. The fourth-order valence-corrected chi connectivity index (χ4v) is 2.22. The van der Waals surface area contributed by atoms with Gasteiger partial charge in [0.2, 0.25) is 0 Å². The normalized spacial score (nSPS) is 10.7. The third-order valence-electron chi connectivity index (χ3n) is 3.32. The predicted octanol–water partition coefficient (Wildman–Crippen LogP) is 3.32. The summed E-state index contributed by atoms with van der Waals surface area (Å²) in [6.45, 7) is 0. The molecule has 0 N–H and O–H groups in total. The standard InChI is InChI=1S/C17H13N5O2/c1-22-11-12(10-19-22)16-20-21-17(24-16)15-14(8-5-9-18-15)23-13-6-3-2-4-7-13/h2-11H,1H3. The van der Waals surface area contributed by atoms with Gasteiger partial charge in [-0.1, -0.05) is 18.2 Å². The molecule has 0 amide bonds. The Bertz CT molecular complexity index is 962. The van der Waals surface area contributed by atoms with Gasteiger partial charge in [0.25, 0.3) is 11.8 Å². The second-order valence-electron chi connectivity index (χ2n) is 5.08. The highest BCUT2D eigenvalue weighted by Gasteiger charge is 2.17. The van der Waals surface area contributed by atoms with E-state index in [4.69, 9.17) is 9.15 Å². The first kappa shape index (κ1) is 14.1. The summed E-state index contributed by atoms with van der Waals surface area (Å²) in [5, 5.41) is 12.2. The summed E-state index contributed by atoms with van der Waals surface area (Å²) in [6, 6.07) is 13.1. The Hall–Kier alpha value is -3.48. The molecule has 0 unspecified atom stereocenters. The molecule has 0 aliphatic rings. The summed E-state index contributed by atoms with van der Waals surface area (Å²) in [5.41, 5.74) is 1.24. The lowest BCUT2D eigenvalue weighted by atomic mass is 10.3. The van der Waals surface area contributed by atoms with Crippen molar-refractivity contribution in [2.45, 2.75) is 0 Å². The van der Waals surface area contributed by atoms with Crippen molar-refractivity contribution in [3.05, 3.63) is 61.1 Å². The summed E-state index contributed by atoms with van der Waals surface area (Å²) in [4.78, 5) is 4.32. The molecular formula is C17H13N5O2. The maximum Gasteiger partial charge on any atom is 0.270 e. The lowest BCUT2D eigenvalue weighted by Gasteiger charge is -2.07. The van der Waals surface area contributed by atoms with Gasteiger partial charge in [-0.05, 0) is 24.3 Å². The summed E-state index contributed by atoms with van der Waals surface area (Å²) in [5.74, 6) is 1.93. The Morgan fingerprint density at radius 2 is 1.83 bits per heavy atom. The number of hydrogen-bond acceptors (Lipinski definition) is 6. The van der Waals surface area contributed by atoms with Crippen LogP contribution in [0.25, 0.3) is 23.0 Å². The molecule has 3 heterocycles. The van der Waals surface area contributed by atoms with Crippen molar-refractivity contribution in [3.8, 4) is 34.5 Å². The van der Waals surface area contributed by atoms with Crippen LogP contribution >= 0.6 is 0 Å². The topological polar surface area (TPSA) is 78.9 Å². The number of para-hydroxylation sites is 1. The molecule has 4 rings (SSSR count). The number of nitrogens with zero attached hydrogens (tertiary/aromatic N) is 5. The Kier molecular flexibility index (Phi) is 3.51. The molecule has 1 aromatic carbocycles. The SMILES string of the molecule is Cn1cc(-c2nnc(-c3ncccc3Oc3ccccc3)o2)cn1. The number of ether oxygens (including phenoxy) is 1. The van der Waals surface area contributed by atoms with Crippen LogP contribution in [0.4, 0.5) is 0 Å².